The van der Waals surface area contributed by atoms with Gasteiger partial charge < -0.3 is 0 Å². The summed E-state index contributed by atoms with van der Waals surface area (Å²) in [5, 5.41) is 21.9. The van der Waals surface area contributed by atoms with Crippen molar-refractivity contribution in [2.45, 2.75) is 46.1 Å². The van der Waals surface area contributed by atoms with E-state index in [1.54, 1.807) is 0 Å². The van der Waals surface area contributed by atoms with Crippen molar-refractivity contribution in [3.63, 3.8) is 0 Å². The molecule has 0 bridgehead atoms. The summed E-state index contributed by atoms with van der Waals surface area (Å²) in [6.07, 6.45) is 2.62. The topological polar surface area (TPSA) is 78.3 Å². The predicted molar refractivity (Wildman–Crippen MR) is 62.7 cm³/mol. The summed E-state index contributed by atoms with van der Waals surface area (Å²) in [5.74, 6) is 1.57. The number of aromatic nitrogens is 3. The molecule has 90 valence electrons. The maximum absolute atomic E-state index is 9.02. The molecule has 1 unspecified atom stereocenters. The Morgan fingerprint density at radius 3 is 2.59 bits per heavy atom. The van der Waals surface area contributed by atoms with Gasteiger partial charge in [0.1, 0.15) is 5.82 Å². The molecule has 5 nitrogen and oxygen atoms in total. The first kappa shape index (κ1) is 13.2. The maximum atomic E-state index is 9.02. The molecule has 0 radical (unpaired) electrons. The highest BCUT2D eigenvalue weighted by molar-refractivity contribution is 4.95. The quantitative estimate of drug-likeness (QED) is 0.748. The first-order valence-corrected chi connectivity index (χ1v) is 5.94. The minimum atomic E-state index is -0.161. The van der Waals surface area contributed by atoms with E-state index in [1.807, 2.05) is 18.5 Å². The molecule has 5 heteroatoms. The van der Waals surface area contributed by atoms with E-state index in [1.165, 1.54) is 0 Å². The number of nitrogens with zero attached hydrogens (tertiary/aromatic N) is 5. The molecule has 0 spiro atoms. The smallest absolute Gasteiger partial charge is 0.150 e. The van der Waals surface area contributed by atoms with E-state index in [9.17, 15) is 0 Å². The van der Waals surface area contributed by atoms with Crippen LogP contribution in [0, 0.1) is 28.6 Å². The Balaban J connectivity index is 2.75. The highest BCUT2D eigenvalue weighted by Gasteiger charge is 2.13. The second-order valence-electron chi connectivity index (χ2n) is 3.86. The predicted octanol–water partition coefficient (Wildman–Crippen LogP) is 1.85. The first-order chi connectivity index (χ1) is 8.24. The average molecular weight is 231 g/mol. The number of hydrogen-bond donors (Lipinski definition) is 0. The number of hydrogen-bond acceptors (Lipinski definition) is 4. The van der Waals surface area contributed by atoms with E-state index in [0.29, 0.717) is 19.4 Å². The van der Waals surface area contributed by atoms with Gasteiger partial charge in [0.2, 0.25) is 0 Å². The van der Waals surface area contributed by atoms with Crippen LogP contribution in [0.3, 0.4) is 0 Å². The van der Waals surface area contributed by atoms with Crippen molar-refractivity contribution < 1.29 is 0 Å². The van der Waals surface area contributed by atoms with Crippen LogP contribution >= 0.6 is 0 Å². The van der Waals surface area contributed by atoms with Crippen molar-refractivity contribution in [3.8, 4) is 12.1 Å². The molecule has 1 heterocycles. The Morgan fingerprint density at radius 1 is 1.29 bits per heavy atom. The van der Waals surface area contributed by atoms with Crippen LogP contribution in [0.2, 0.25) is 0 Å². The Hall–Kier alpha value is -1.88. The normalized spacial score (nSPS) is 11.8. The molecule has 1 atom stereocenters. The van der Waals surface area contributed by atoms with Gasteiger partial charge in [-0.1, -0.05) is 13.8 Å². The van der Waals surface area contributed by atoms with Crippen molar-refractivity contribution in [2.75, 3.05) is 0 Å². The lowest BCUT2D eigenvalue weighted by Crippen LogP contribution is -2.13. The van der Waals surface area contributed by atoms with Crippen LogP contribution in [-0.2, 0) is 19.4 Å². The minimum absolute atomic E-state index is 0.161. The van der Waals surface area contributed by atoms with Gasteiger partial charge in [-0.3, -0.25) is 0 Å². The Morgan fingerprint density at radius 2 is 2.06 bits per heavy atom. The maximum Gasteiger partial charge on any atom is 0.150 e. The summed E-state index contributed by atoms with van der Waals surface area (Å²) >= 11 is 0. The summed E-state index contributed by atoms with van der Waals surface area (Å²) in [7, 11) is 0. The Kier molecular flexibility index (Phi) is 5.16. The molecule has 1 aromatic heterocycles. The molecule has 1 rings (SSSR count). The average Bonchev–Trinajstić information content (AvgIpc) is 2.76. The molecule has 0 aliphatic rings. The van der Waals surface area contributed by atoms with Gasteiger partial charge in [0.05, 0.1) is 24.6 Å². The Bertz CT molecular complexity index is 435. The molecule has 0 saturated carbocycles. The van der Waals surface area contributed by atoms with Crippen LogP contribution in [0.15, 0.2) is 0 Å². The lowest BCUT2D eigenvalue weighted by atomic mass is 10.1. The summed E-state index contributed by atoms with van der Waals surface area (Å²) in [4.78, 5) is 4.39. The molecule has 0 aliphatic heterocycles. The van der Waals surface area contributed by atoms with Crippen LogP contribution in [0.25, 0.3) is 0 Å². The van der Waals surface area contributed by atoms with E-state index in [-0.39, 0.29) is 5.92 Å². The fourth-order valence-electron chi connectivity index (χ4n) is 1.63. The zero-order valence-electron chi connectivity index (χ0n) is 10.3. The largest absolute Gasteiger partial charge is 0.249 e. The van der Waals surface area contributed by atoms with E-state index in [2.05, 4.69) is 22.2 Å². The van der Waals surface area contributed by atoms with Gasteiger partial charge in [-0.15, -0.1) is 0 Å². The standard InChI is InChI=1S/C12H17N5/c1-3-11-15-12(4-2)17(16-11)9-10(8-14)6-5-7-13/h10H,3-6,9H2,1-2H3. The molecule has 0 amide bonds. The van der Waals surface area contributed by atoms with E-state index >= 15 is 0 Å². The van der Waals surface area contributed by atoms with Crippen molar-refractivity contribution in [1.29, 1.82) is 10.5 Å². The molecule has 17 heavy (non-hydrogen) atoms. The Labute approximate surface area is 102 Å². The molecule has 0 aromatic carbocycles. The van der Waals surface area contributed by atoms with Gasteiger partial charge in [0.25, 0.3) is 0 Å². The summed E-state index contributed by atoms with van der Waals surface area (Å²) in [6, 6.07) is 4.29. The summed E-state index contributed by atoms with van der Waals surface area (Å²) in [5.41, 5.74) is 0. The van der Waals surface area contributed by atoms with Crippen LogP contribution in [0.5, 0.6) is 0 Å². The van der Waals surface area contributed by atoms with Crippen LogP contribution in [-0.4, -0.2) is 14.8 Å². The van der Waals surface area contributed by atoms with Crippen molar-refractivity contribution >= 4 is 0 Å². The second-order valence-corrected chi connectivity index (χ2v) is 3.86. The number of aryl methyl sites for hydroxylation is 2. The van der Waals surface area contributed by atoms with Gasteiger partial charge in [-0.25, -0.2) is 9.67 Å². The number of rotatable bonds is 6. The minimum Gasteiger partial charge on any atom is -0.249 e. The molecular weight excluding hydrogens is 214 g/mol. The van der Waals surface area contributed by atoms with Crippen LogP contribution in [0.4, 0.5) is 0 Å². The van der Waals surface area contributed by atoms with E-state index in [0.717, 1.165) is 24.5 Å². The van der Waals surface area contributed by atoms with Crippen molar-refractivity contribution in [3.05, 3.63) is 11.6 Å². The zero-order chi connectivity index (χ0) is 12.7. The highest BCUT2D eigenvalue weighted by Crippen LogP contribution is 2.10. The molecular formula is C12H17N5. The van der Waals surface area contributed by atoms with E-state index < -0.39 is 0 Å². The van der Waals surface area contributed by atoms with Gasteiger partial charge in [-0.05, 0) is 6.42 Å². The second kappa shape index (κ2) is 6.65. The van der Waals surface area contributed by atoms with Gasteiger partial charge >= 0.3 is 0 Å². The van der Waals surface area contributed by atoms with Gasteiger partial charge in [-0.2, -0.15) is 15.6 Å². The van der Waals surface area contributed by atoms with E-state index in [4.69, 9.17) is 10.5 Å². The molecule has 0 fully saturated rings. The van der Waals surface area contributed by atoms with Crippen molar-refractivity contribution in [1.82, 2.24) is 14.8 Å². The molecule has 1 aromatic rings. The monoisotopic (exact) mass is 231 g/mol. The SMILES string of the molecule is CCc1nc(CC)n(CC(C#N)CCC#N)n1. The lowest BCUT2D eigenvalue weighted by Gasteiger charge is -2.08. The molecule has 0 aliphatic carbocycles. The van der Waals surface area contributed by atoms with Gasteiger partial charge in [0.15, 0.2) is 5.82 Å². The lowest BCUT2D eigenvalue weighted by molar-refractivity contribution is 0.460. The van der Waals surface area contributed by atoms with Gasteiger partial charge in [0, 0.05) is 19.3 Å². The highest BCUT2D eigenvalue weighted by atomic mass is 15.3. The summed E-state index contributed by atoms with van der Waals surface area (Å²) < 4.78 is 1.81. The fraction of sp³-hybridized carbons (Fsp3) is 0.667. The third-order valence-corrected chi connectivity index (χ3v) is 2.61. The third-order valence-electron chi connectivity index (χ3n) is 2.61. The first-order valence-electron chi connectivity index (χ1n) is 5.94. The van der Waals surface area contributed by atoms with Crippen LogP contribution < -0.4 is 0 Å². The summed E-state index contributed by atoms with van der Waals surface area (Å²) in [6.45, 7) is 4.57. The fourth-order valence-corrected chi connectivity index (χ4v) is 1.63. The molecule has 0 N–H and O–H groups in total. The number of nitriles is 2. The zero-order valence-corrected chi connectivity index (χ0v) is 10.3. The van der Waals surface area contributed by atoms with Crippen LogP contribution in [0.1, 0.15) is 38.3 Å². The molecule has 0 saturated heterocycles. The van der Waals surface area contributed by atoms with Crippen molar-refractivity contribution in [2.24, 2.45) is 5.92 Å². The third kappa shape index (κ3) is 3.57.